The van der Waals surface area contributed by atoms with Gasteiger partial charge in [-0.2, -0.15) is 0 Å². The Morgan fingerprint density at radius 2 is 2.45 bits per heavy atom. The normalized spacial score (nSPS) is 23.2. The van der Waals surface area contributed by atoms with Gasteiger partial charge in [0.1, 0.15) is 6.10 Å². The minimum absolute atomic E-state index is 0.279. The van der Waals surface area contributed by atoms with Gasteiger partial charge in [0, 0.05) is 13.2 Å². The molecule has 1 aliphatic heterocycles. The first kappa shape index (κ1) is 9.19. The lowest BCUT2D eigenvalue weighted by Gasteiger charge is -2.00. The first-order chi connectivity index (χ1) is 5.43. The molecule has 1 unspecified atom stereocenters. The van der Waals surface area contributed by atoms with Gasteiger partial charge in [0.05, 0.1) is 13.2 Å². The van der Waals surface area contributed by atoms with Gasteiger partial charge in [0.2, 0.25) is 0 Å². The maximum Gasteiger partial charge on any atom is 0.163 e. The van der Waals surface area contributed by atoms with Crippen molar-refractivity contribution in [3.05, 3.63) is 0 Å². The minimum Gasteiger partial charge on any atom is -0.424 e. The average Bonchev–Trinajstić information content (AvgIpc) is 2.80. The third-order valence-electron chi connectivity index (χ3n) is 1.49. The second kappa shape index (κ2) is 5.71. The van der Waals surface area contributed by atoms with Gasteiger partial charge in [-0.05, 0) is 13.0 Å². The van der Waals surface area contributed by atoms with Crippen LogP contribution in [0.15, 0.2) is 0 Å². The molecular weight excluding hydrogens is 160 g/mol. The molecule has 1 fully saturated rings. The van der Waals surface area contributed by atoms with Crippen molar-refractivity contribution >= 4 is 9.76 Å². The minimum atomic E-state index is -0.279. The first-order valence-corrected chi connectivity index (χ1v) is 5.78. The molecule has 0 radical (unpaired) electrons. The van der Waals surface area contributed by atoms with Crippen LogP contribution in [0.25, 0.3) is 0 Å². The van der Waals surface area contributed by atoms with Gasteiger partial charge in [-0.3, -0.25) is 0 Å². The van der Waals surface area contributed by atoms with E-state index in [-0.39, 0.29) is 9.76 Å². The average molecular weight is 176 g/mol. The van der Waals surface area contributed by atoms with Crippen LogP contribution in [0.3, 0.4) is 0 Å². The van der Waals surface area contributed by atoms with Gasteiger partial charge in [-0.15, -0.1) is 0 Å². The third-order valence-corrected chi connectivity index (χ3v) is 2.76. The molecule has 1 rings (SSSR count). The predicted molar refractivity (Wildman–Crippen MR) is 45.5 cm³/mol. The van der Waals surface area contributed by atoms with Gasteiger partial charge in [0.15, 0.2) is 9.76 Å². The molecule has 0 amide bonds. The summed E-state index contributed by atoms with van der Waals surface area (Å²) in [6.45, 7) is 5.42. The van der Waals surface area contributed by atoms with E-state index in [1.165, 1.54) is 0 Å². The van der Waals surface area contributed by atoms with Crippen molar-refractivity contribution in [1.82, 2.24) is 0 Å². The van der Waals surface area contributed by atoms with Crippen molar-refractivity contribution in [3.63, 3.8) is 0 Å². The summed E-state index contributed by atoms with van der Waals surface area (Å²) in [5, 5.41) is 0. The largest absolute Gasteiger partial charge is 0.424 e. The van der Waals surface area contributed by atoms with Gasteiger partial charge in [0.25, 0.3) is 0 Å². The Morgan fingerprint density at radius 1 is 1.64 bits per heavy atom. The molecule has 4 heteroatoms. The van der Waals surface area contributed by atoms with Crippen molar-refractivity contribution in [2.45, 2.75) is 19.1 Å². The second-order valence-electron chi connectivity index (χ2n) is 2.58. The van der Waals surface area contributed by atoms with Crippen LogP contribution in [0.2, 0.25) is 6.04 Å². The fourth-order valence-corrected chi connectivity index (χ4v) is 1.60. The van der Waals surface area contributed by atoms with Crippen LogP contribution in [-0.4, -0.2) is 42.3 Å². The molecule has 0 saturated carbocycles. The van der Waals surface area contributed by atoms with Crippen molar-refractivity contribution in [1.29, 1.82) is 0 Å². The summed E-state index contributed by atoms with van der Waals surface area (Å²) in [7, 11) is -0.279. The van der Waals surface area contributed by atoms with Crippen LogP contribution in [0.4, 0.5) is 0 Å². The Labute approximate surface area is 70.0 Å². The highest BCUT2D eigenvalue weighted by Crippen LogP contribution is 2.08. The van der Waals surface area contributed by atoms with Crippen molar-refractivity contribution < 1.29 is 13.9 Å². The molecule has 66 valence electrons. The Balaban J connectivity index is 1.66. The summed E-state index contributed by atoms with van der Waals surface area (Å²) in [5.41, 5.74) is 0. The quantitative estimate of drug-likeness (QED) is 0.309. The van der Waals surface area contributed by atoms with E-state index in [0.29, 0.717) is 6.10 Å². The van der Waals surface area contributed by atoms with Crippen LogP contribution in [0, 0.1) is 0 Å². The molecule has 0 bridgehead atoms. The molecule has 3 nitrogen and oxygen atoms in total. The third kappa shape index (κ3) is 5.38. The summed E-state index contributed by atoms with van der Waals surface area (Å²) in [4.78, 5) is 0. The summed E-state index contributed by atoms with van der Waals surface area (Å²) >= 11 is 0. The fourth-order valence-electron chi connectivity index (χ4n) is 0.786. The molecule has 1 atom stereocenters. The van der Waals surface area contributed by atoms with Gasteiger partial charge in [-0.1, -0.05) is 0 Å². The van der Waals surface area contributed by atoms with Crippen molar-refractivity contribution in [2.24, 2.45) is 0 Å². The van der Waals surface area contributed by atoms with E-state index in [1.54, 1.807) is 0 Å². The topological polar surface area (TPSA) is 31.0 Å². The molecule has 1 saturated heterocycles. The predicted octanol–water partition coefficient (Wildman–Crippen LogP) is -0.0596. The van der Waals surface area contributed by atoms with Crippen LogP contribution < -0.4 is 0 Å². The van der Waals surface area contributed by atoms with Gasteiger partial charge < -0.3 is 13.9 Å². The number of epoxide rings is 1. The first-order valence-electron chi connectivity index (χ1n) is 4.20. The Kier molecular flexibility index (Phi) is 4.77. The van der Waals surface area contributed by atoms with Crippen LogP contribution in [0.1, 0.15) is 6.92 Å². The summed E-state index contributed by atoms with van der Waals surface area (Å²) in [6.07, 6.45) is 0.406. The highest BCUT2D eigenvalue weighted by Gasteiger charge is 2.21. The maximum atomic E-state index is 5.33. The molecule has 0 N–H and O–H groups in total. The number of ether oxygens (including phenoxy) is 2. The lowest BCUT2D eigenvalue weighted by atomic mass is 10.5. The van der Waals surface area contributed by atoms with E-state index >= 15 is 0 Å². The van der Waals surface area contributed by atoms with Crippen LogP contribution in [0.5, 0.6) is 0 Å². The SMILES string of the molecule is CCO[SiH2]CCOCC1CO1. The molecule has 1 aliphatic rings. The molecule has 0 aromatic rings. The van der Waals surface area contributed by atoms with E-state index in [0.717, 1.165) is 32.5 Å². The number of hydrogen-bond donors (Lipinski definition) is 0. The Bertz CT molecular complexity index is 95.7. The van der Waals surface area contributed by atoms with E-state index in [4.69, 9.17) is 13.9 Å². The summed E-state index contributed by atoms with van der Waals surface area (Å²) in [6, 6.07) is 1.13. The Morgan fingerprint density at radius 3 is 3.09 bits per heavy atom. The molecule has 0 aliphatic carbocycles. The van der Waals surface area contributed by atoms with E-state index < -0.39 is 0 Å². The standard InChI is InChI=1S/C7H16O3Si/c1-2-10-11-4-3-8-5-7-6-9-7/h7H,2-6,11H2,1H3. The summed E-state index contributed by atoms with van der Waals surface area (Å²) in [5.74, 6) is 0. The zero-order valence-electron chi connectivity index (χ0n) is 7.04. The monoisotopic (exact) mass is 176 g/mol. The van der Waals surface area contributed by atoms with E-state index in [2.05, 4.69) is 0 Å². The van der Waals surface area contributed by atoms with Gasteiger partial charge >= 0.3 is 0 Å². The van der Waals surface area contributed by atoms with Crippen molar-refractivity contribution in [3.8, 4) is 0 Å². The summed E-state index contributed by atoms with van der Waals surface area (Å²) < 4.78 is 15.6. The highest BCUT2D eigenvalue weighted by atomic mass is 28.2. The molecular formula is C7H16O3Si. The lowest BCUT2D eigenvalue weighted by molar-refractivity contribution is 0.126. The molecule has 0 aromatic heterocycles. The van der Waals surface area contributed by atoms with E-state index in [1.807, 2.05) is 6.92 Å². The second-order valence-corrected chi connectivity index (χ2v) is 4.10. The zero-order valence-corrected chi connectivity index (χ0v) is 8.46. The number of rotatable bonds is 7. The maximum absolute atomic E-state index is 5.33. The van der Waals surface area contributed by atoms with Crippen LogP contribution in [-0.2, 0) is 13.9 Å². The fraction of sp³-hybridized carbons (Fsp3) is 1.00. The van der Waals surface area contributed by atoms with E-state index in [9.17, 15) is 0 Å². The lowest BCUT2D eigenvalue weighted by Crippen LogP contribution is -2.06. The van der Waals surface area contributed by atoms with Crippen LogP contribution >= 0.6 is 0 Å². The van der Waals surface area contributed by atoms with Crippen molar-refractivity contribution in [2.75, 3.05) is 26.4 Å². The van der Waals surface area contributed by atoms with Gasteiger partial charge in [-0.25, -0.2) is 0 Å². The molecule has 0 spiro atoms. The Hall–Kier alpha value is 0.0969. The molecule has 11 heavy (non-hydrogen) atoms. The highest BCUT2D eigenvalue weighted by molar-refractivity contribution is 6.27. The molecule has 1 heterocycles. The zero-order chi connectivity index (χ0) is 7.94. The number of hydrogen-bond acceptors (Lipinski definition) is 3. The molecule has 0 aromatic carbocycles. The smallest absolute Gasteiger partial charge is 0.163 e.